The second-order valence-electron chi connectivity index (χ2n) is 6.43. The number of carbonyl (C=O) groups is 1. The summed E-state index contributed by atoms with van der Waals surface area (Å²) in [5, 5.41) is 11.0. The van der Waals surface area contributed by atoms with E-state index in [4.69, 9.17) is 5.73 Å². The number of rotatable bonds is 6. The van der Waals surface area contributed by atoms with E-state index in [1.54, 1.807) is 25.2 Å². The molecule has 0 aromatic heterocycles. The molecule has 0 saturated heterocycles. The summed E-state index contributed by atoms with van der Waals surface area (Å²) in [6, 6.07) is 5.97. The van der Waals surface area contributed by atoms with Gasteiger partial charge in [-0.15, -0.1) is 0 Å². The number of benzene rings is 1. The summed E-state index contributed by atoms with van der Waals surface area (Å²) >= 11 is 0. The first-order valence-electron chi connectivity index (χ1n) is 8.22. The Morgan fingerprint density at radius 1 is 1.35 bits per heavy atom. The highest BCUT2D eigenvalue weighted by Gasteiger charge is 2.24. The fourth-order valence-corrected chi connectivity index (χ4v) is 3.32. The summed E-state index contributed by atoms with van der Waals surface area (Å²) in [5.41, 5.74) is 6.64. The largest absolute Gasteiger partial charge is 0.340 e. The highest BCUT2D eigenvalue weighted by Crippen LogP contribution is 2.27. The zero-order chi connectivity index (χ0) is 16.8. The number of nitrogens with zero attached hydrogens (tertiary/aromatic N) is 2. The van der Waals surface area contributed by atoms with Crippen molar-refractivity contribution in [3.63, 3.8) is 0 Å². The topological polar surface area (TPSA) is 89.5 Å². The second kappa shape index (κ2) is 8.06. The Hall–Kier alpha value is -1.95. The monoisotopic (exact) mass is 319 g/mol. The lowest BCUT2D eigenvalue weighted by atomic mass is 9.85. The molecule has 1 fully saturated rings. The van der Waals surface area contributed by atoms with Gasteiger partial charge >= 0.3 is 0 Å². The summed E-state index contributed by atoms with van der Waals surface area (Å²) < 4.78 is 0. The van der Waals surface area contributed by atoms with Crippen LogP contribution in [0.1, 0.15) is 44.1 Å². The minimum Gasteiger partial charge on any atom is -0.340 e. The van der Waals surface area contributed by atoms with Crippen LogP contribution in [0.3, 0.4) is 0 Å². The van der Waals surface area contributed by atoms with E-state index in [0.29, 0.717) is 17.9 Å². The van der Waals surface area contributed by atoms with Gasteiger partial charge in [0.1, 0.15) is 0 Å². The molecule has 1 unspecified atom stereocenters. The van der Waals surface area contributed by atoms with Gasteiger partial charge in [-0.2, -0.15) is 0 Å². The van der Waals surface area contributed by atoms with Crippen molar-refractivity contribution in [3.05, 3.63) is 39.9 Å². The predicted molar refractivity (Wildman–Crippen MR) is 88.7 cm³/mol. The average molecular weight is 319 g/mol. The molecule has 0 spiro atoms. The summed E-state index contributed by atoms with van der Waals surface area (Å²) in [5.74, 6) is 0.385. The van der Waals surface area contributed by atoms with E-state index in [1.807, 2.05) is 0 Å². The molecule has 2 N–H and O–H groups in total. The molecule has 1 saturated carbocycles. The molecule has 23 heavy (non-hydrogen) atoms. The van der Waals surface area contributed by atoms with Crippen molar-refractivity contribution >= 4 is 11.6 Å². The third-order valence-electron chi connectivity index (χ3n) is 4.60. The van der Waals surface area contributed by atoms with Gasteiger partial charge in [-0.1, -0.05) is 50.3 Å². The molecule has 0 bridgehead atoms. The van der Waals surface area contributed by atoms with Crippen LogP contribution < -0.4 is 5.73 Å². The van der Waals surface area contributed by atoms with Crippen LogP contribution in [0.4, 0.5) is 5.69 Å². The second-order valence-corrected chi connectivity index (χ2v) is 6.43. The molecule has 0 radical (unpaired) electrons. The molecule has 0 aliphatic heterocycles. The van der Waals surface area contributed by atoms with Crippen LogP contribution in [0.25, 0.3) is 0 Å². The molecule has 126 valence electrons. The lowest BCUT2D eigenvalue weighted by molar-refractivity contribution is -0.385. The summed E-state index contributed by atoms with van der Waals surface area (Å²) in [4.78, 5) is 24.6. The molecule has 1 aliphatic rings. The number of likely N-dealkylation sites (N-methyl/N-ethyl adjacent to an activating group) is 1. The molecule has 0 heterocycles. The minimum absolute atomic E-state index is 0.0352. The van der Waals surface area contributed by atoms with Crippen LogP contribution >= 0.6 is 0 Å². The quantitative estimate of drug-likeness (QED) is 0.645. The van der Waals surface area contributed by atoms with Crippen molar-refractivity contribution in [2.45, 2.75) is 51.1 Å². The van der Waals surface area contributed by atoms with Crippen LogP contribution in [0.15, 0.2) is 24.3 Å². The maximum absolute atomic E-state index is 12.4. The van der Waals surface area contributed by atoms with Gasteiger partial charge in [-0.3, -0.25) is 14.9 Å². The van der Waals surface area contributed by atoms with Gasteiger partial charge in [0.05, 0.1) is 17.5 Å². The Morgan fingerprint density at radius 3 is 2.65 bits per heavy atom. The van der Waals surface area contributed by atoms with E-state index in [9.17, 15) is 14.9 Å². The molecular formula is C17H25N3O3. The zero-order valence-corrected chi connectivity index (χ0v) is 13.6. The first-order chi connectivity index (χ1) is 11.0. The van der Waals surface area contributed by atoms with Crippen molar-refractivity contribution in [2.75, 3.05) is 7.05 Å². The fourth-order valence-electron chi connectivity index (χ4n) is 3.32. The van der Waals surface area contributed by atoms with Gasteiger partial charge in [0, 0.05) is 18.7 Å². The summed E-state index contributed by atoms with van der Waals surface area (Å²) in [7, 11) is 1.65. The van der Waals surface area contributed by atoms with E-state index in [-0.39, 0.29) is 18.1 Å². The summed E-state index contributed by atoms with van der Waals surface area (Å²) in [6.07, 6.45) is 6.72. The molecule has 1 aromatic carbocycles. The van der Waals surface area contributed by atoms with Crippen LogP contribution in [-0.4, -0.2) is 28.8 Å². The van der Waals surface area contributed by atoms with E-state index >= 15 is 0 Å². The minimum atomic E-state index is -0.522. The Morgan fingerprint density at radius 2 is 2.00 bits per heavy atom. The first-order valence-corrected chi connectivity index (χ1v) is 8.22. The van der Waals surface area contributed by atoms with Crippen molar-refractivity contribution in [1.82, 2.24) is 4.90 Å². The maximum atomic E-state index is 12.4. The van der Waals surface area contributed by atoms with Crippen LogP contribution in [0.5, 0.6) is 0 Å². The Balaban J connectivity index is 1.95. The number of amides is 1. The average Bonchev–Trinajstić information content (AvgIpc) is 2.55. The fraction of sp³-hybridized carbons (Fsp3) is 0.588. The Kier molecular flexibility index (Phi) is 6.10. The highest BCUT2D eigenvalue weighted by molar-refractivity contribution is 5.81. The molecule has 1 aliphatic carbocycles. The van der Waals surface area contributed by atoms with Gasteiger partial charge in [0.15, 0.2) is 0 Å². The lowest BCUT2D eigenvalue weighted by Crippen LogP contribution is -2.42. The molecule has 6 heteroatoms. The zero-order valence-electron chi connectivity index (χ0n) is 13.6. The normalized spacial score (nSPS) is 16.8. The maximum Gasteiger partial charge on any atom is 0.274 e. The SMILES string of the molecule is CN(Cc1ccccc1[N+](=O)[O-])C(=O)C(N)CC1CCCCC1. The molecule has 1 aromatic rings. The number of nitro benzene ring substituents is 1. The van der Waals surface area contributed by atoms with E-state index < -0.39 is 11.0 Å². The van der Waals surface area contributed by atoms with Crippen molar-refractivity contribution in [3.8, 4) is 0 Å². The van der Waals surface area contributed by atoms with E-state index in [2.05, 4.69) is 0 Å². The molecule has 6 nitrogen and oxygen atoms in total. The van der Waals surface area contributed by atoms with Gasteiger partial charge in [0.2, 0.25) is 5.91 Å². The Bertz CT molecular complexity index is 556. The van der Waals surface area contributed by atoms with Gasteiger partial charge in [0.25, 0.3) is 5.69 Å². The molecule has 1 amide bonds. The van der Waals surface area contributed by atoms with Crippen LogP contribution in [0.2, 0.25) is 0 Å². The standard InChI is InChI=1S/C17H25N3O3/c1-19(12-14-9-5-6-10-16(14)20(22)23)17(21)15(18)11-13-7-3-2-4-8-13/h5-6,9-10,13,15H,2-4,7-8,11-12,18H2,1H3. The van der Waals surface area contributed by atoms with E-state index in [1.165, 1.54) is 30.2 Å². The number of hydrogen-bond donors (Lipinski definition) is 1. The third kappa shape index (κ3) is 4.76. The first kappa shape index (κ1) is 17.4. The number of para-hydroxylation sites is 1. The number of hydrogen-bond acceptors (Lipinski definition) is 4. The third-order valence-corrected chi connectivity index (χ3v) is 4.60. The van der Waals surface area contributed by atoms with E-state index in [0.717, 1.165) is 12.8 Å². The lowest BCUT2D eigenvalue weighted by Gasteiger charge is -2.26. The number of carbonyl (C=O) groups excluding carboxylic acids is 1. The van der Waals surface area contributed by atoms with Gasteiger partial charge < -0.3 is 10.6 Å². The van der Waals surface area contributed by atoms with Gasteiger partial charge in [-0.05, 0) is 12.3 Å². The van der Waals surface area contributed by atoms with Crippen LogP contribution in [0, 0.1) is 16.0 Å². The van der Waals surface area contributed by atoms with Crippen molar-refractivity contribution in [2.24, 2.45) is 11.7 Å². The van der Waals surface area contributed by atoms with Gasteiger partial charge in [-0.25, -0.2) is 0 Å². The number of nitrogens with two attached hydrogens (primary N) is 1. The molecule has 2 rings (SSSR count). The smallest absolute Gasteiger partial charge is 0.274 e. The molecular weight excluding hydrogens is 294 g/mol. The Labute approximate surface area is 136 Å². The van der Waals surface area contributed by atoms with Crippen molar-refractivity contribution < 1.29 is 9.72 Å². The number of nitro groups is 1. The van der Waals surface area contributed by atoms with Crippen LogP contribution in [-0.2, 0) is 11.3 Å². The summed E-state index contributed by atoms with van der Waals surface area (Å²) in [6.45, 7) is 0.203. The highest BCUT2D eigenvalue weighted by atomic mass is 16.6. The predicted octanol–water partition coefficient (Wildman–Crippen LogP) is 2.85. The molecule has 1 atom stereocenters. The van der Waals surface area contributed by atoms with Crippen molar-refractivity contribution in [1.29, 1.82) is 0 Å².